The lowest BCUT2D eigenvalue weighted by atomic mass is 10.1. The summed E-state index contributed by atoms with van der Waals surface area (Å²) in [5, 5.41) is 14.9. The molecule has 160 valence electrons. The van der Waals surface area contributed by atoms with Gasteiger partial charge in [-0.1, -0.05) is 25.1 Å². The molecule has 2 rings (SSSR count). The molecule has 0 atom stereocenters. The molecule has 8 heteroatoms. The highest BCUT2D eigenvalue weighted by Gasteiger charge is 2.05. The second-order valence-corrected chi connectivity index (χ2v) is 6.49. The lowest BCUT2D eigenvalue weighted by molar-refractivity contribution is 0.146. The summed E-state index contributed by atoms with van der Waals surface area (Å²) in [6.45, 7) is 8.59. The van der Waals surface area contributed by atoms with E-state index >= 15 is 0 Å². The Balaban J connectivity index is 1.85. The Bertz CT molecular complexity index is 731. The minimum Gasteiger partial charge on any atom is -0.496 e. The zero-order valence-corrected chi connectivity index (χ0v) is 17.9. The first kappa shape index (κ1) is 22.7. The van der Waals surface area contributed by atoms with Crippen molar-refractivity contribution in [1.29, 1.82) is 0 Å². The Hall–Kier alpha value is -2.61. The predicted molar refractivity (Wildman–Crippen MR) is 116 cm³/mol. The van der Waals surface area contributed by atoms with Crippen LogP contribution in [0.4, 0.5) is 0 Å². The molecule has 0 bridgehead atoms. The Morgan fingerprint density at radius 1 is 1.17 bits per heavy atom. The third-order valence-electron chi connectivity index (χ3n) is 4.46. The van der Waals surface area contributed by atoms with Crippen molar-refractivity contribution < 1.29 is 9.47 Å². The second-order valence-electron chi connectivity index (χ2n) is 6.49. The van der Waals surface area contributed by atoms with E-state index in [1.54, 1.807) is 13.4 Å². The van der Waals surface area contributed by atoms with E-state index in [0.29, 0.717) is 0 Å². The van der Waals surface area contributed by atoms with E-state index in [9.17, 15) is 0 Å². The third kappa shape index (κ3) is 8.11. The minimum absolute atomic E-state index is 0.719. The number of para-hydroxylation sites is 1. The number of ether oxygens (including phenoxy) is 2. The summed E-state index contributed by atoms with van der Waals surface area (Å²) in [4.78, 5) is 4.67. The fourth-order valence-corrected chi connectivity index (χ4v) is 2.94. The van der Waals surface area contributed by atoms with Crippen LogP contribution in [0.1, 0.15) is 31.7 Å². The maximum Gasteiger partial charge on any atom is 0.191 e. The van der Waals surface area contributed by atoms with Crippen molar-refractivity contribution in [3.05, 3.63) is 42.0 Å². The molecule has 0 unspecified atom stereocenters. The number of rotatable bonds is 13. The minimum atomic E-state index is 0.719. The van der Waals surface area contributed by atoms with Crippen molar-refractivity contribution >= 4 is 5.96 Å². The summed E-state index contributed by atoms with van der Waals surface area (Å²) in [5.41, 5.74) is 1.18. The first-order chi connectivity index (χ1) is 14.3. The molecule has 1 heterocycles. The van der Waals surface area contributed by atoms with E-state index in [0.717, 1.165) is 76.2 Å². The van der Waals surface area contributed by atoms with Crippen LogP contribution >= 0.6 is 0 Å². The SMILES string of the molecule is CCOCCCN=C(NCCc1ccccc1OC)NCCn1cnnc1CC. The maximum absolute atomic E-state index is 5.43. The van der Waals surface area contributed by atoms with E-state index < -0.39 is 0 Å². The van der Waals surface area contributed by atoms with Gasteiger partial charge < -0.3 is 24.7 Å². The van der Waals surface area contributed by atoms with E-state index in [2.05, 4.69) is 43.4 Å². The predicted octanol–water partition coefficient (Wildman–Crippen LogP) is 2.05. The summed E-state index contributed by atoms with van der Waals surface area (Å²) in [6, 6.07) is 8.09. The highest BCUT2D eigenvalue weighted by molar-refractivity contribution is 5.79. The Morgan fingerprint density at radius 2 is 2.00 bits per heavy atom. The quantitative estimate of drug-likeness (QED) is 0.303. The van der Waals surface area contributed by atoms with Gasteiger partial charge in [0.1, 0.15) is 17.9 Å². The number of nitrogens with one attached hydrogen (secondary N) is 2. The summed E-state index contributed by atoms with van der Waals surface area (Å²) < 4.78 is 12.9. The average molecular weight is 403 g/mol. The molecule has 2 N–H and O–H groups in total. The molecule has 29 heavy (non-hydrogen) atoms. The molecule has 0 aliphatic rings. The number of benzene rings is 1. The van der Waals surface area contributed by atoms with Gasteiger partial charge >= 0.3 is 0 Å². The van der Waals surface area contributed by atoms with Gasteiger partial charge in [-0.25, -0.2) is 0 Å². The van der Waals surface area contributed by atoms with Crippen LogP contribution in [0.15, 0.2) is 35.6 Å². The standard InChI is InChI=1S/C21H34N6O2/c1-4-20-26-25-17-27(20)15-14-24-21(22-12-8-16-29-5-2)23-13-11-18-9-6-7-10-19(18)28-3/h6-7,9-10,17H,4-5,8,11-16H2,1-3H3,(H2,22,23,24). The molecule has 0 saturated carbocycles. The molecular weight excluding hydrogens is 368 g/mol. The number of methoxy groups -OCH3 is 1. The van der Waals surface area contributed by atoms with Crippen LogP contribution in [-0.4, -0.2) is 60.7 Å². The summed E-state index contributed by atoms with van der Waals surface area (Å²) >= 11 is 0. The van der Waals surface area contributed by atoms with Crippen molar-refractivity contribution in [2.45, 2.75) is 39.7 Å². The van der Waals surface area contributed by atoms with Crippen molar-refractivity contribution in [3.8, 4) is 5.75 Å². The van der Waals surface area contributed by atoms with Crippen LogP contribution in [0.25, 0.3) is 0 Å². The molecule has 0 aliphatic heterocycles. The van der Waals surface area contributed by atoms with Gasteiger partial charge in [0.2, 0.25) is 0 Å². The van der Waals surface area contributed by atoms with Crippen LogP contribution in [-0.2, 0) is 24.1 Å². The zero-order chi connectivity index (χ0) is 20.7. The monoisotopic (exact) mass is 402 g/mol. The Labute approximate surface area is 173 Å². The highest BCUT2D eigenvalue weighted by Crippen LogP contribution is 2.17. The molecule has 0 radical (unpaired) electrons. The number of hydrogen-bond acceptors (Lipinski definition) is 5. The van der Waals surface area contributed by atoms with Crippen LogP contribution in [0.3, 0.4) is 0 Å². The van der Waals surface area contributed by atoms with Crippen molar-refractivity contribution in [2.75, 3.05) is 40.0 Å². The van der Waals surface area contributed by atoms with Gasteiger partial charge in [0.05, 0.1) is 7.11 Å². The normalized spacial score (nSPS) is 11.5. The maximum atomic E-state index is 5.43. The van der Waals surface area contributed by atoms with Crippen LogP contribution in [0, 0.1) is 0 Å². The first-order valence-corrected chi connectivity index (χ1v) is 10.4. The number of hydrogen-bond donors (Lipinski definition) is 2. The van der Waals surface area contributed by atoms with Crippen LogP contribution in [0.5, 0.6) is 5.75 Å². The zero-order valence-electron chi connectivity index (χ0n) is 17.9. The topological polar surface area (TPSA) is 85.6 Å². The van der Waals surface area contributed by atoms with Crippen molar-refractivity contribution in [1.82, 2.24) is 25.4 Å². The number of aliphatic imine (C=N–C) groups is 1. The van der Waals surface area contributed by atoms with E-state index in [1.807, 2.05) is 25.1 Å². The fourth-order valence-electron chi connectivity index (χ4n) is 2.94. The molecule has 1 aromatic carbocycles. The Kier molecular flexibility index (Phi) is 10.6. The lowest BCUT2D eigenvalue weighted by Gasteiger charge is -2.14. The van der Waals surface area contributed by atoms with Gasteiger partial charge in [-0.2, -0.15) is 0 Å². The summed E-state index contributed by atoms with van der Waals surface area (Å²) in [7, 11) is 1.70. The van der Waals surface area contributed by atoms with Gasteiger partial charge in [-0.15, -0.1) is 10.2 Å². The average Bonchev–Trinajstić information content (AvgIpc) is 3.21. The number of aryl methyl sites for hydroxylation is 1. The molecule has 2 aromatic rings. The number of guanidine groups is 1. The number of nitrogens with zero attached hydrogens (tertiary/aromatic N) is 4. The smallest absolute Gasteiger partial charge is 0.191 e. The number of aromatic nitrogens is 3. The molecule has 0 spiro atoms. The molecule has 0 saturated heterocycles. The summed E-state index contributed by atoms with van der Waals surface area (Å²) in [6.07, 6.45) is 4.40. The van der Waals surface area contributed by atoms with Crippen molar-refractivity contribution in [3.63, 3.8) is 0 Å². The largest absolute Gasteiger partial charge is 0.496 e. The van der Waals surface area contributed by atoms with Gasteiger partial charge in [0, 0.05) is 45.8 Å². The van der Waals surface area contributed by atoms with Gasteiger partial charge in [-0.05, 0) is 31.4 Å². The third-order valence-corrected chi connectivity index (χ3v) is 4.46. The van der Waals surface area contributed by atoms with E-state index in [-0.39, 0.29) is 0 Å². The highest BCUT2D eigenvalue weighted by atomic mass is 16.5. The fraction of sp³-hybridized carbons (Fsp3) is 0.571. The molecular formula is C21H34N6O2. The van der Waals surface area contributed by atoms with Crippen LogP contribution < -0.4 is 15.4 Å². The molecule has 8 nitrogen and oxygen atoms in total. The van der Waals surface area contributed by atoms with E-state index in [4.69, 9.17) is 9.47 Å². The molecule has 0 amide bonds. The van der Waals surface area contributed by atoms with Gasteiger partial charge in [0.25, 0.3) is 0 Å². The summed E-state index contributed by atoms with van der Waals surface area (Å²) in [5.74, 6) is 2.71. The second kappa shape index (κ2) is 13.5. The van der Waals surface area contributed by atoms with Gasteiger partial charge in [0.15, 0.2) is 5.96 Å². The van der Waals surface area contributed by atoms with E-state index in [1.165, 1.54) is 5.56 Å². The molecule has 0 aliphatic carbocycles. The van der Waals surface area contributed by atoms with Crippen LogP contribution in [0.2, 0.25) is 0 Å². The Morgan fingerprint density at radius 3 is 2.79 bits per heavy atom. The first-order valence-electron chi connectivity index (χ1n) is 10.4. The van der Waals surface area contributed by atoms with Crippen molar-refractivity contribution in [2.24, 2.45) is 4.99 Å². The molecule has 1 aromatic heterocycles. The van der Waals surface area contributed by atoms with Gasteiger partial charge in [-0.3, -0.25) is 4.99 Å². The lowest BCUT2D eigenvalue weighted by Crippen LogP contribution is -2.40. The molecule has 0 fully saturated rings.